The zero-order chi connectivity index (χ0) is 15.5. The molecule has 2 rings (SSSR count). The number of halogens is 1. The van der Waals surface area contributed by atoms with E-state index in [0.717, 1.165) is 10.9 Å². The Balaban J connectivity index is 2.46. The molecule has 2 aromatic rings. The quantitative estimate of drug-likeness (QED) is 0.347. The van der Waals surface area contributed by atoms with Crippen LogP contribution in [0.25, 0.3) is 0 Å². The van der Waals surface area contributed by atoms with Gasteiger partial charge in [0.2, 0.25) is 0 Å². The topological polar surface area (TPSA) is 26.3 Å². The number of carbonyl (C=O) groups excluding carboxylic acids is 1. The van der Waals surface area contributed by atoms with Crippen LogP contribution in [0.2, 0.25) is 0 Å². The van der Waals surface area contributed by atoms with Gasteiger partial charge in [-0.1, -0.05) is 76.0 Å². The Morgan fingerprint density at radius 2 is 1.81 bits per heavy atom. The van der Waals surface area contributed by atoms with E-state index in [1.54, 1.807) is 0 Å². The fourth-order valence-corrected chi connectivity index (χ4v) is 2.41. The number of hydrogen-bond acceptors (Lipinski definition) is 2. The van der Waals surface area contributed by atoms with Crippen LogP contribution in [0.15, 0.2) is 48.5 Å². The molecule has 4 heteroatoms. The molecule has 0 aliphatic heterocycles. The summed E-state index contributed by atoms with van der Waals surface area (Å²) in [4.78, 5) is 11.9. The second kappa shape index (κ2) is 6.64. The smallest absolute Gasteiger partial charge is 0.337 e. The van der Waals surface area contributed by atoms with Crippen LogP contribution in [-0.2, 0) is 8.16 Å². The maximum atomic E-state index is 11.9. The molecule has 0 aliphatic carbocycles. The van der Waals surface area contributed by atoms with Crippen LogP contribution < -0.4 is 10.9 Å². The maximum absolute atomic E-state index is 11.9. The summed E-state index contributed by atoms with van der Waals surface area (Å²) in [6, 6.07) is 15.9. The number of benzene rings is 2. The van der Waals surface area contributed by atoms with Crippen LogP contribution in [0.3, 0.4) is 0 Å². The van der Waals surface area contributed by atoms with Crippen LogP contribution in [0.4, 0.5) is 0 Å². The molecular formula is C17H17BIO2. The predicted molar refractivity (Wildman–Crippen MR) is 96.3 cm³/mol. The minimum Gasteiger partial charge on any atom is -0.465 e. The van der Waals surface area contributed by atoms with Gasteiger partial charge < -0.3 is 4.74 Å². The summed E-state index contributed by atoms with van der Waals surface area (Å²) in [6.45, 7) is 4.29. The van der Waals surface area contributed by atoms with Crippen LogP contribution in [0.1, 0.15) is 29.8 Å². The normalized spacial score (nSPS) is 11.0. The second-order valence-electron chi connectivity index (χ2n) is 5.32. The van der Waals surface area contributed by atoms with E-state index in [4.69, 9.17) is 4.74 Å². The maximum Gasteiger partial charge on any atom is 0.337 e. The van der Waals surface area contributed by atoms with E-state index in [-0.39, 0.29) is 9.39 Å². The molecule has 1 radical (unpaired) electrons. The monoisotopic (exact) mass is 391 g/mol. The second-order valence-corrected chi connectivity index (χ2v) is 8.02. The Kier molecular flexibility index (Phi) is 5.09. The van der Waals surface area contributed by atoms with Crippen molar-refractivity contribution in [2.45, 2.75) is 17.3 Å². The van der Waals surface area contributed by atoms with E-state index in [1.165, 1.54) is 12.7 Å². The Hall–Kier alpha value is -1.30. The molecule has 0 spiro atoms. The summed E-state index contributed by atoms with van der Waals surface area (Å²) in [6.07, 6.45) is 0. The molecule has 0 heterocycles. The third kappa shape index (κ3) is 4.09. The summed E-state index contributed by atoms with van der Waals surface area (Å²) >= 11 is 2.40. The third-order valence-electron chi connectivity index (χ3n) is 3.27. The van der Waals surface area contributed by atoms with Gasteiger partial charge in [-0.15, -0.1) is 0 Å². The molecule has 0 atom stereocenters. The van der Waals surface area contributed by atoms with E-state index in [0.29, 0.717) is 5.56 Å². The van der Waals surface area contributed by atoms with Gasteiger partial charge in [-0.2, -0.15) is 0 Å². The average Bonchev–Trinajstić information content (AvgIpc) is 2.46. The minimum absolute atomic E-state index is 0.00564. The lowest BCUT2D eigenvalue weighted by Gasteiger charge is -2.19. The highest BCUT2D eigenvalue weighted by atomic mass is 127. The van der Waals surface area contributed by atoms with Crippen molar-refractivity contribution in [3.63, 3.8) is 0 Å². The fourth-order valence-electron chi connectivity index (χ4n) is 2.08. The van der Waals surface area contributed by atoms with Crippen LogP contribution in [-0.4, -0.2) is 20.4 Å². The van der Waals surface area contributed by atoms with E-state index < -0.39 is 0 Å². The van der Waals surface area contributed by atoms with Gasteiger partial charge in [-0.25, -0.2) is 4.79 Å². The molecule has 0 bridgehead atoms. The van der Waals surface area contributed by atoms with E-state index in [9.17, 15) is 4.79 Å². The van der Waals surface area contributed by atoms with Crippen LogP contribution in [0, 0.1) is 0 Å². The van der Waals surface area contributed by atoms with Gasteiger partial charge in [-0.05, 0) is 25.5 Å². The lowest BCUT2D eigenvalue weighted by Crippen LogP contribution is -2.33. The molecule has 107 valence electrons. The number of hydrogen-bond donors (Lipinski definition) is 0. The number of methoxy groups -OCH3 is 1. The van der Waals surface area contributed by atoms with E-state index in [1.807, 2.05) is 49.7 Å². The van der Waals surface area contributed by atoms with Crippen LogP contribution >= 0.6 is 22.6 Å². The van der Waals surface area contributed by atoms with Crippen molar-refractivity contribution in [1.29, 1.82) is 0 Å². The number of alkyl halides is 1. The first-order valence-electron chi connectivity index (χ1n) is 6.73. The molecule has 0 aliphatic rings. The van der Waals surface area contributed by atoms with Gasteiger partial charge in [-0.3, -0.25) is 0 Å². The zero-order valence-electron chi connectivity index (χ0n) is 12.4. The molecule has 0 aromatic heterocycles. The van der Waals surface area contributed by atoms with Gasteiger partial charge in [0.1, 0.15) is 0 Å². The molecule has 0 fully saturated rings. The summed E-state index contributed by atoms with van der Waals surface area (Å²) in [7, 11) is 3.42. The molecular weight excluding hydrogens is 374 g/mol. The Bertz CT molecular complexity index is 633. The van der Waals surface area contributed by atoms with Crippen molar-refractivity contribution < 1.29 is 9.53 Å². The first kappa shape index (κ1) is 16.1. The molecule has 2 aromatic carbocycles. The molecule has 21 heavy (non-hydrogen) atoms. The number of carbonyl (C=O) groups is 1. The first-order chi connectivity index (χ1) is 9.91. The van der Waals surface area contributed by atoms with Crippen molar-refractivity contribution in [3.05, 3.63) is 59.7 Å². The SMILES string of the molecule is COC(=O)c1ccc(C(C)(C)I)cc1[B]c1ccccc1. The highest BCUT2D eigenvalue weighted by Crippen LogP contribution is 2.30. The van der Waals surface area contributed by atoms with E-state index in [2.05, 4.69) is 42.5 Å². The molecule has 2 nitrogen and oxygen atoms in total. The van der Waals surface area contributed by atoms with Gasteiger partial charge in [0.25, 0.3) is 0 Å². The lowest BCUT2D eigenvalue weighted by molar-refractivity contribution is 0.0602. The van der Waals surface area contributed by atoms with Crippen molar-refractivity contribution >= 4 is 46.8 Å². The van der Waals surface area contributed by atoms with Crippen molar-refractivity contribution in [3.8, 4) is 0 Å². The summed E-state index contributed by atoms with van der Waals surface area (Å²) in [5.41, 5.74) is 3.71. The van der Waals surface area contributed by atoms with Crippen molar-refractivity contribution in [2.24, 2.45) is 0 Å². The Labute approximate surface area is 140 Å². The zero-order valence-corrected chi connectivity index (χ0v) is 14.5. The highest BCUT2D eigenvalue weighted by molar-refractivity contribution is 14.1. The average molecular weight is 391 g/mol. The summed E-state index contributed by atoms with van der Waals surface area (Å²) in [5, 5.41) is 0. The van der Waals surface area contributed by atoms with Gasteiger partial charge in [0, 0.05) is 3.42 Å². The molecule has 0 amide bonds. The summed E-state index contributed by atoms with van der Waals surface area (Å²) in [5.74, 6) is -0.310. The standard InChI is InChI=1S/C17H17BIO2/c1-17(2,19)12-9-10-14(16(20)21-3)15(11-12)18-13-7-5-4-6-8-13/h4-11H,1-3H3. The van der Waals surface area contributed by atoms with Crippen LogP contribution in [0.5, 0.6) is 0 Å². The van der Waals surface area contributed by atoms with Gasteiger partial charge in [0.15, 0.2) is 7.28 Å². The lowest BCUT2D eigenvalue weighted by atomic mass is 9.62. The van der Waals surface area contributed by atoms with E-state index >= 15 is 0 Å². The van der Waals surface area contributed by atoms with Gasteiger partial charge in [0.05, 0.1) is 12.7 Å². The Morgan fingerprint density at radius 1 is 1.14 bits per heavy atom. The van der Waals surface area contributed by atoms with Crippen molar-refractivity contribution in [2.75, 3.05) is 7.11 Å². The fraction of sp³-hybridized carbons (Fsp3) is 0.235. The predicted octanol–water partition coefficient (Wildman–Crippen LogP) is 2.80. The molecule has 0 saturated carbocycles. The number of ether oxygens (including phenoxy) is 1. The first-order valence-corrected chi connectivity index (χ1v) is 7.81. The summed E-state index contributed by atoms with van der Waals surface area (Å²) < 4.78 is 4.88. The van der Waals surface area contributed by atoms with Gasteiger partial charge >= 0.3 is 5.97 Å². The minimum atomic E-state index is -0.310. The number of rotatable bonds is 4. The molecule has 0 N–H and O–H groups in total. The molecule has 0 unspecified atom stereocenters. The largest absolute Gasteiger partial charge is 0.465 e. The Morgan fingerprint density at radius 3 is 2.38 bits per heavy atom. The third-order valence-corrected chi connectivity index (χ3v) is 3.89. The number of esters is 1. The molecule has 0 saturated heterocycles. The highest BCUT2D eigenvalue weighted by Gasteiger charge is 2.20. The van der Waals surface area contributed by atoms with Crippen molar-refractivity contribution in [1.82, 2.24) is 0 Å².